The summed E-state index contributed by atoms with van der Waals surface area (Å²) in [7, 11) is 1.85. The van der Waals surface area contributed by atoms with E-state index < -0.39 is 6.36 Å². The summed E-state index contributed by atoms with van der Waals surface area (Å²) in [5, 5.41) is 0. The van der Waals surface area contributed by atoms with Crippen LogP contribution in [-0.4, -0.2) is 44.6 Å². The van der Waals surface area contributed by atoms with E-state index >= 15 is 0 Å². The van der Waals surface area contributed by atoms with E-state index in [4.69, 9.17) is 10.5 Å². The predicted octanol–water partition coefficient (Wildman–Crippen LogP) is 2.55. The minimum atomic E-state index is -4.70. The topological polar surface area (TPSA) is 47.7 Å². The van der Waals surface area contributed by atoms with E-state index in [2.05, 4.69) is 4.74 Å². The van der Waals surface area contributed by atoms with Gasteiger partial charge in [-0.3, -0.25) is 4.90 Å². The fourth-order valence-electron chi connectivity index (χ4n) is 2.00. The Hall–Kier alpha value is -1.31. The lowest BCUT2D eigenvalue weighted by Crippen LogP contribution is -2.33. The molecule has 0 fully saturated rings. The number of alkyl halides is 3. The van der Waals surface area contributed by atoms with Gasteiger partial charge >= 0.3 is 6.36 Å². The Morgan fingerprint density at radius 2 is 2.05 bits per heavy atom. The highest BCUT2D eigenvalue weighted by Gasteiger charge is 2.31. The van der Waals surface area contributed by atoms with Gasteiger partial charge in [-0.25, -0.2) is 0 Å². The van der Waals surface area contributed by atoms with Crippen molar-refractivity contribution in [1.29, 1.82) is 0 Å². The molecule has 0 saturated carbocycles. The Labute approximate surface area is 122 Å². The quantitative estimate of drug-likeness (QED) is 0.750. The molecule has 0 radical (unpaired) electrons. The molecule has 2 N–H and O–H groups in total. The third-order valence-electron chi connectivity index (χ3n) is 3.02. The number of rotatable bonds is 8. The third kappa shape index (κ3) is 6.33. The molecule has 1 aromatic rings. The fourth-order valence-corrected chi connectivity index (χ4v) is 2.00. The number of nitrogens with zero attached hydrogens (tertiary/aromatic N) is 1. The smallest absolute Gasteiger partial charge is 0.406 e. The van der Waals surface area contributed by atoms with Crippen LogP contribution in [-0.2, 0) is 4.74 Å². The number of halogens is 3. The zero-order chi connectivity index (χ0) is 15.9. The lowest BCUT2D eigenvalue weighted by molar-refractivity contribution is -0.274. The highest BCUT2D eigenvalue weighted by Crippen LogP contribution is 2.27. The second-order valence-electron chi connectivity index (χ2n) is 4.55. The lowest BCUT2D eigenvalue weighted by Gasteiger charge is -2.27. The van der Waals surface area contributed by atoms with Gasteiger partial charge in [0.1, 0.15) is 5.75 Å². The average molecular weight is 306 g/mol. The molecule has 1 atom stereocenters. The molecule has 0 amide bonds. The van der Waals surface area contributed by atoms with Crippen LogP contribution in [0.5, 0.6) is 5.75 Å². The first-order valence-electron chi connectivity index (χ1n) is 6.71. The summed E-state index contributed by atoms with van der Waals surface area (Å²) in [6, 6.07) is 5.70. The highest BCUT2D eigenvalue weighted by atomic mass is 19.4. The molecular formula is C14H21F3N2O2. The molecule has 120 valence electrons. The van der Waals surface area contributed by atoms with Crippen molar-refractivity contribution < 1.29 is 22.6 Å². The van der Waals surface area contributed by atoms with Crippen LogP contribution in [0.3, 0.4) is 0 Å². The molecule has 0 aliphatic heterocycles. The molecule has 0 saturated heterocycles. The molecule has 4 nitrogen and oxygen atoms in total. The van der Waals surface area contributed by atoms with Crippen molar-refractivity contribution in [3.05, 3.63) is 29.8 Å². The number of hydrogen-bond donors (Lipinski definition) is 1. The average Bonchev–Trinajstić information content (AvgIpc) is 2.38. The standard InChI is InChI=1S/C14H21F3N2O2/c1-3-20-8-7-19(2)13(10-18)11-5-4-6-12(9-11)21-14(15,16)17/h4-6,9,13H,3,7-8,10,18H2,1-2H3. The van der Waals surface area contributed by atoms with Crippen LogP contribution in [0.1, 0.15) is 18.5 Å². The van der Waals surface area contributed by atoms with Gasteiger partial charge in [0.25, 0.3) is 0 Å². The zero-order valence-electron chi connectivity index (χ0n) is 12.2. The van der Waals surface area contributed by atoms with Gasteiger partial charge in [-0.05, 0) is 31.7 Å². The van der Waals surface area contributed by atoms with Gasteiger partial charge in [0.05, 0.1) is 6.61 Å². The molecule has 0 aliphatic rings. The first-order valence-corrected chi connectivity index (χ1v) is 6.71. The Morgan fingerprint density at radius 3 is 2.62 bits per heavy atom. The van der Waals surface area contributed by atoms with Gasteiger partial charge in [0, 0.05) is 25.7 Å². The highest BCUT2D eigenvalue weighted by molar-refractivity contribution is 5.31. The largest absolute Gasteiger partial charge is 0.573 e. The maximum absolute atomic E-state index is 12.2. The van der Waals surface area contributed by atoms with Gasteiger partial charge in [0.15, 0.2) is 0 Å². The first-order chi connectivity index (χ1) is 9.87. The second-order valence-corrected chi connectivity index (χ2v) is 4.55. The molecule has 7 heteroatoms. The number of likely N-dealkylation sites (N-methyl/N-ethyl adjacent to an activating group) is 1. The summed E-state index contributed by atoms with van der Waals surface area (Å²) in [6.07, 6.45) is -4.70. The van der Waals surface area contributed by atoms with Crippen molar-refractivity contribution in [2.45, 2.75) is 19.3 Å². The van der Waals surface area contributed by atoms with Gasteiger partial charge in [-0.2, -0.15) is 0 Å². The molecule has 0 spiro atoms. The molecule has 1 aromatic carbocycles. The third-order valence-corrected chi connectivity index (χ3v) is 3.02. The number of ether oxygens (including phenoxy) is 2. The van der Waals surface area contributed by atoms with E-state index in [1.54, 1.807) is 6.07 Å². The Bertz CT molecular complexity index is 427. The SMILES string of the molecule is CCOCCN(C)C(CN)c1cccc(OC(F)(F)F)c1. The lowest BCUT2D eigenvalue weighted by atomic mass is 10.1. The molecule has 0 aromatic heterocycles. The zero-order valence-corrected chi connectivity index (χ0v) is 12.2. The second kappa shape index (κ2) is 8.21. The van der Waals surface area contributed by atoms with Gasteiger partial charge in [0.2, 0.25) is 0 Å². The normalized spacial score (nSPS) is 13.5. The van der Waals surface area contributed by atoms with Crippen LogP contribution in [0.4, 0.5) is 13.2 Å². The van der Waals surface area contributed by atoms with Crippen molar-refractivity contribution in [1.82, 2.24) is 4.90 Å². The molecule has 1 rings (SSSR count). The van der Waals surface area contributed by atoms with Crippen LogP contribution >= 0.6 is 0 Å². The van der Waals surface area contributed by atoms with Crippen molar-refractivity contribution in [3.8, 4) is 5.75 Å². The van der Waals surface area contributed by atoms with Crippen molar-refractivity contribution in [2.24, 2.45) is 5.73 Å². The molecular weight excluding hydrogens is 285 g/mol. The molecule has 1 unspecified atom stereocenters. The number of benzene rings is 1. The molecule has 21 heavy (non-hydrogen) atoms. The summed E-state index contributed by atoms with van der Waals surface area (Å²) < 4.78 is 45.9. The van der Waals surface area contributed by atoms with Gasteiger partial charge < -0.3 is 15.2 Å². The first kappa shape index (κ1) is 17.7. The maximum atomic E-state index is 12.2. The van der Waals surface area contributed by atoms with E-state index in [1.165, 1.54) is 18.2 Å². The van der Waals surface area contributed by atoms with Crippen LogP contribution < -0.4 is 10.5 Å². The predicted molar refractivity (Wildman–Crippen MR) is 74.0 cm³/mol. The summed E-state index contributed by atoms with van der Waals surface area (Å²) >= 11 is 0. The maximum Gasteiger partial charge on any atom is 0.573 e. The van der Waals surface area contributed by atoms with Gasteiger partial charge in [-0.1, -0.05) is 12.1 Å². The summed E-state index contributed by atoms with van der Waals surface area (Å²) in [5.74, 6) is -0.239. The molecule has 0 bridgehead atoms. The van der Waals surface area contributed by atoms with Crippen LogP contribution in [0.2, 0.25) is 0 Å². The van der Waals surface area contributed by atoms with Crippen LogP contribution in [0, 0.1) is 0 Å². The van der Waals surface area contributed by atoms with E-state index in [9.17, 15) is 13.2 Å². The van der Waals surface area contributed by atoms with E-state index in [0.717, 1.165) is 0 Å². The summed E-state index contributed by atoms with van der Waals surface area (Å²) in [6.45, 7) is 3.99. The minimum absolute atomic E-state index is 0.192. The van der Waals surface area contributed by atoms with Crippen molar-refractivity contribution >= 4 is 0 Å². The fraction of sp³-hybridized carbons (Fsp3) is 0.571. The van der Waals surface area contributed by atoms with E-state index in [-0.39, 0.29) is 18.3 Å². The molecule has 0 aliphatic carbocycles. The van der Waals surface area contributed by atoms with Crippen LogP contribution in [0.25, 0.3) is 0 Å². The Morgan fingerprint density at radius 1 is 1.33 bits per heavy atom. The van der Waals surface area contributed by atoms with Crippen molar-refractivity contribution in [3.63, 3.8) is 0 Å². The van der Waals surface area contributed by atoms with E-state index in [0.29, 0.717) is 25.3 Å². The number of hydrogen-bond acceptors (Lipinski definition) is 4. The summed E-state index contributed by atoms with van der Waals surface area (Å²) in [5.41, 5.74) is 6.42. The monoisotopic (exact) mass is 306 g/mol. The molecule has 0 heterocycles. The van der Waals surface area contributed by atoms with Gasteiger partial charge in [-0.15, -0.1) is 13.2 Å². The summed E-state index contributed by atoms with van der Waals surface area (Å²) in [4.78, 5) is 1.95. The van der Waals surface area contributed by atoms with E-state index in [1.807, 2.05) is 18.9 Å². The Kier molecular flexibility index (Phi) is 6.94. The minimum Gasteiger partial charge on any atom is -0.406 e. The Balaban J connectivity index is 2.78. The van der Waals surface area contributed by atoms with Crippen molar-refractivity contribution in [2.75, 3.05) is 33.4 Å². The number of nitrogens with two attached hydrogens (primary N) is 1. The van der Waals surface area contributed by atoms with Crippen LogP contribution in [0.15, 0.2) is 24.3 Å².